The van der Waals surface area contributed by atoms with Crippen LogP contribution in [0.4, 0.5) is 5.69 Å². The molecule has 2 heterocycles. The molecule has 7 nitrogen and oxygen atoms in total. The third kappa shape index (κ3) is 3.28. The van der Waals surface area contributed by atoms with Crippen LogP contribution in [-0.4, -0.2) is 45.3 Å². The van der Waals surface area contributed by atoms with Crippen molar-refractivity contribution in [2.24, 2.45) is 0 Å². The van der Waals surface area contributed by atoms with Crippen LogP contribution in [0.3, 0.4) is 0 Å². The van der Waals surface area contributed by atoms with Crippen molar-refractivity contribution in [3.8, 4) is 0 Å². The Hall–Kier alpha value is -2.35. The average Bonchev–Trinajstić information content (AvgIpc) is 3.15. The Morgan fingerprint density at radius 1 is 1.46 bits per heavy atom. The topological polar surface area (TPSA) is 92.1 Å². The molecule has 0 saturated carbocycles. The number of nitrogens with one attached hydrogen (secondary N) is 1. The van der Waals surface area contributed by atoms with Gasteiger partial charge in [-0.3, -0.25) is 20.0 Å². The third-order valence-electron chi connectivity index (χ3n) is 4.30. The Kier molecular flexibility index (Phi) is 4.84. The maximum Gasteiger partial charge on any atom is 0.282 e. The zero-order valence-corrected chi connectivity index (χ0v) is 14.1. The van der Waals surface area contributed by atoms with Crippen LogP contribution in [0, 0.1) is 10.1 Å². The molecule has 0 radical (unpaired) electrons. The van der Waals surface area contributed by atoms with E-state index < -0.39 is 4.92 Å². The number of rotatable bonds is 4. The molecule has 0 unspecified atom stereocenters. The fraction of sp³-hybridized carbons (Fsp3) is 0.375. The first kappa shape index (κ1) is 16.5. The summed E-state index contributed by atoms with van der Waals surface area (Å²) < 4.78 is 0. The number of H-pyrrole nitrogens is 1. The molecule has 126 valence electrons. The van der Waals surface area contributed by atoms with Crippen molar-refractivity contribution < 1.29 is 9.72 Å². The number of aromatic amines is 1. The number of piperidine rings is 1. The monoisotopic (exact) mass is 346 g/mol. The molecule has 1 aliphatic rings. The normalized spacial score (nSPS) is 17.7. The largest absolute Gasteiger partial charge is 0.338 e. The van der Waals surface area contributed by atoms with E-state index in [1.807, 2.05) is 12.3 Å². The molecule has 1 aromatic heterocycles. The molecule has 1 amide bonds. The Balaban J connectivity index is 1.86. The van der Waals surface area contributed by atoms with E-state index in [4.69, 9.17) is 0 Å². The summed E-state index contributed by atoms with van der Waals surface area (Å²) in [6.07, 6.45) is 5.41. The second-order valence-electron chi connectivity index (χ2n) is 5.74. The molecule has 1 N–H and O–H groups in total. The highest BCUT2D eigenvalue weighted by atomic mass is 32.2. The minimum absolute atomic E-state index is 0.138. The molecular weight excluding hydrogens is 328 g/mol. The van der Waals surface area contributed by atoms with Gasteiger partial charge in [0.05, 0.1) is 4.92 Å². The number of hydrogen-bond acceptors (Lipinski definition) is 5. The minimum atomic E-state index is -0.492. The smallest absolute Gasteiger partial charge is 0.282 e. The van der Waals surface area contributed by atoms with E-state index in [-0.39, 0.29) is 23.1 Å². The van der Waals surface area contributed by atoms with Crippen LogP contribution in [0.2, 0.25) is 0 Å². The molecule has 24 heavy (non-hydrogen) atoms. The lowest BCUT2D eigenvalue weighted by Gasteiger charge is -2.32. The number of carbonyl (C=O) groups is 1. The van der Waals surface area contributed by atoms with Crippen LogP contribution in [0.1, 0.15) is 34.8 Å². The van der Waals surface area contributed by atoms with E-state index in [0.717, 1.165) is 23.4 Å². The number of aromatic nitrogens is 2. The maximum absolute atomic E-state index is 12.9. The zero-order valence-electron chi connectivity index (χ0n) is 13.3. The van der Waals surface area contributed by atoms with Crippen molar-refractivity contribution in [2.45, 2.75) is 23.7 Å². The molecule has 8 heteroatoms. The highest BCUT2D eigenvalue weighted by molar-refractivity contribution is 7.98. The Bertz CT molecular complexity index is 748. The highest BCUT2D eigenvalue weighted by Crippen LogP contribution is 2.30. The van der Waals surface area contributed by atoms with Crippen LogP contribution in [0.5, 0.6) is 0 Å². The first-order valence-electron chi connectivity index (χ1n) is 7.71. The maximum atomic E-state index is 12.9. The standard InChI is InChI=1S/C16H18N4O3S/c1-24-12-4-5-15(20(22)23)13(9-12)16(21)19-8-2-3-11(10-19)14-6-7-17-18-14/h4-7,9,11H,2-3,8,10H2,1H3,(H,17,18)/t11-/m0/s1. The first-order chi connectivity index (χ1) is 11.6. The minimum Gasteiger partial charge on any atom is -0.338 e. The second kappa shape index (κ2) is 7.04. The predicted octanol–water partition coefficient (Wildman–Crippen LogP) is 3.06. The fourth-order valence-electron chi connectivity index (χ4n) is 3.05. The second-order valence-corrected chi connectivity index (χ2v) is 6.62. The zero-order chi connectivity index (χ0) is 17.1. The van der Waals surface area contributed by atoms with Crippen LogP contribution in [0.15, 0.2) is 35.4 Å². The van der Waals surface area contributed by atoms with Gasteiger partial charge in [0.1, 0.15) is 5.56 Å². The van der Waals surface area contributed by atoms with Gasteiger partial charge < -0.3 is 4.90 Å². The number of likely N-dealkylation sites (tertiary alicyclic amines) is 1. The fourth-order valence-corrected chi connectivity index (χ4v) is 3.49. The first-order valence-corrected chi connectivity index (χ1v) is 8.93. The third-order valence-corrected chi connectivity index (χ3v) is 5.03. The van der Waals surface area contributed by atoms with E-state index in [1.165, 1.54) is 17.8 Å². The lowest BCUT2D eigenvalue weighted by atomic mass is 9.94. The summed E-state index contributed by atoms with van der Waals surface area (Å²) in [5.41, 5.74) is 1.03. The molecule has 0 aliphatic carbocycles. The number of amides is 1. The number of nitrogens with zero attached hydrogens (tertiary/aromatic N) is 3. The Morgan fingerprint density at radius 2 is 2.29 bits per heavy atom. The van der Waals surface area contributed by atoms with Gasteiger partial charge in [-0.25, -0.2) is 0 Å². The SMILES string of the molecule is CSc1ccc([N+](=O)[O-])c(C(=O)N2CCC[C@H](c3ccn[nH]3)C2)c1. The van der Waals surface area contributed by atoms with Gasteiger partial charge in [-0.05, 0) is 37.3 Å². The molecule has 3 rings (SSSR count). The average molecular weight is 346 g/mol. The predicted molar refractivity (Wildman–Crippen MR) is 91.3 cm³/mol. The van der Waals surface area contributed by atoms with E-state index in [0.29, 0.717) is 13.1 Å². The molecule has 0 bridgehead atoms. The molecule has 0 spiro atoms. The summed E-state index contributed by atoms with van der Waals surface area (Å²) in [7, 11) is 0. The summed E-state index contributed by atoms with van der Waals surface area (Å²) in [6.45, 7) is 1.16. The number of hydrogen-bond donors (Lipinski definition) is 1. The molecule has 2 aromatic rings. The molecular formula is C16H18N4O3S. The van der Waals surface area contributed by atoms with Crippen LogP contribution < -0.4 is 0 Å². The van der Waals surface area contributed by atoms with Crippen molar-refractivity contribution in [1.82, 2.24) is 15.1 Å². The van der Waals surface area contributed by atoms with Gasteiger partial charge in [0.15, 0.2) is 0 Å². The summed E-state index contributed by atoms with van der Waals surface area (Å²) in [5.74, 6) is -0.0881. The number of thioether (sulfide) groups is 1. The lowest BCUT2D eigenvalue weighted by Crippen LogP contribution is -2.39. The summed E-state index contributed by atoms with van der Waals surface area (Å²) in [6, 6.07) is 6.61. The Labute approximate surface area is 143 Å². The number of nitro benzene ring substituents is 1. The highest BCUT2D eigenvalue weighted by Gasteiger charge is 2.30. The number of benzene rings is 1. The van der Waals surface area contributed by atoms with Gasteiger partial charge in [0, 0.05) is 41.9 Å². The molecule has 1 fully saturated rings. The van der Waals surface area contributed by atoms with Crippen molar-refractivity contribution in [3.05, 3.63) is 51.8 Å². The van der Waals surface area contributed by atoms with Crippen molar-refractivity contribution >= 4 is 23.4 Å². The summed E-state index contributed by atoms with van der Waals surface area (Å²) in [4.78, 5) is 26.2. The van der Waals surface area contributed by atoms with Crippen molar-refractivity contribution in [2.75, 3.05) is 19.3 Å². The van der Waals surface area contributed by atoms with Gasteiger partial charge in [-0.1, -0.05) is 0 Å². The molecule has 1 aromatic carbocycles. The van der Waals surface area contributed by atoms with Crippen molar-refractivity contribution in [3.63, 3.8) is 0 Å². The van der Waals surface area contributed by atoms with Gasteiger partial charge >= 0.3 is 0 Å². The van der Waals surface area contributed by atoms with Gasteiger partial charge in [0.2, 0.25) is 0 Å². The van der Waals surface area contributed by atoms with E-state index in [9.17, 15) is 14.9 Å². The lowest BCUT2D eigenvalue weighted by molar-refractivity contribution is -0.385. The number of nitro groups is 1. The quantitative estimate of drug-likeness (QED) is 0.522. The number of carbonyl (C=O) groups excluding carboxylic acids is 1. The van der Waals surface area contributed by atoms with Crippen molar-refractivity contribution in [1.29, 1.82) is 0 Å². The van der Waals surface area contributed by atoms with Gasteiger partial charge in [-0.2, -0.15) is 5.10 Å². The Morgan fingerprint density at radius 3 is 2.96 bits per heavy atom. The van der Waals surface area contributed by atoms with Gasteiger partial charge in [-0.15, -0.1) is 11.8 Å². The van der Waals surface area contributed by atoms with Crippen LogP contribution >= 0.6 is 11.8 Å². The van der Waals surface area contributed by atoms with Gasteiger partial charge in [0.25, 0.3) is 11.6 Å². The summed E-state index contributed by atoms with van der Waals surface area (Å²) >= 11 is 1.46. The molecule has 1 saturated heterocycles. The van der Waals surface area contributed by atoms with E-state index >= 15 is 0 Å². The molecule has 1 aliphatic heterocycles. The van der Waals surface area contributed by atoms with E-state index in [1.54, 1.807) is 23.2 Å². The molecule has 1 atom stereocenters. The van der Waals surface area contributed by atoms with E-state index in [2.05, 4.69) is 10.2 Å². The summed E-state index contributed by atoms with van der Waals surface area (Å²) in [5, 5.41) is 18.2. The van der Waals surface area contributed by atoms with Crippen LogP contribution in [0.25, 0.3) is 0 Å². The van der Waals surface area contributed by atoms with Crippen LogP contribution in [-0.2, 0) is 0 Å².